The van der Waals surface area contributed by atoms with Gasteiger partial charge in [-0.25, -0.2) is 9.37 Å². The summed E-state index contributed by atoms with van der Waals surface area (Å²) in [5.74, 6) is -0.263. The lowest BCUT2D eigenvalue weighted by molar-refractivity contribution is 0.000298. The van der Waals surface area contributed by atoms with Crippen LogP contribution in [0.3, 0.4) is 0 Å². The van der Waals surface area contributed by atoms with Gasteiger partial charge >= 0.3 is 0 Å². The van der Waals surface area contributed by atoms with Crippen LogP contribution in [-0.4, -0.2) is 52.3 Å². The molecule has 2 fully saturated rings. The number of ether oxygens (including phenoxy) is 2. The molecule has 1 aliphatic carbocycles. The van der Waals surface area contributed by atoms with E-state index in [1.807, 2.05) is 0 Å². The molecule has 3 heterocycles. The Morgan fingerprint density at radius 2 is 2.32 bits per heavy atom. The summed E-state index contributed by atoms with van der Waals surface area (Å²) in [6.07, 6.45) is 2.27. The van der Waals surface area contributed by atoms with Crippen molar-refractivity contribution < 1.29 is 23.2 Å². The minimum Gasteiger partial charge on any atom is -0.467 e. The van der Waals surface area contributed by atoms with E-state index in [4.69, 9.17) is 14.0 Å². The third-order valence-electron chi connectivity index (χ3n) is 4.64. The molecule has 4 rings (SSSR count). The van der Waals surface area contributed by atoms with Crippen LogP contribution in [0.1, 0.15) is 29.1 Å². The fourth-order valence-corrected chi connectivity index (χ4v) is 3.50. The summed E-state index contributed by atoms with van der Waals surface area (Å²) in [4.78, 5) is 18.5. The van der Waals surface area contributed by atoms with Gasteiger partial charge in [-0.05, 0) is 31.9 Å². The van der Waals surface area contributed by atoms with Crippen LogP contribution in [0, 0.1) is 12.7 Å². The van der Waals surface area contributed by atoms with Crippen LogP contribution < -0.4 is 4.74 Å². The SMILES string of the molecule is Cc1cc(C(=O)N2CCO[C@H]3CC[C@H]2[C@@H]3Oc2ncccc2F)no1. The highest BCUT2D eigenvalue weighted by atomic mass is 19.1. The number of nitrogens with zero attached hydrogens (tertiary/aromatic N) is 3. The highest BCUT2D eigenvalue weighted by molar-refractivity contribution is 5.92. The van der Waals surface area contributed by atoms with Crippen LogP contribution in [0.25, 0.3) is 0 Å². The number of aryl methyl sites for hydroxylation is 1. The van der Waals surface area contributed by atoms with Gasteiger partial charge in [0.25, 0.3) is 11.8 Å². The molecule has 1 saturated heterocycles. The summed E-state index contributed by atoms with van der Waals surface area (Å²) >= 11 is 0. The maximum atomic E-state index is 13.9. The number of hydrogen-bond acceptors (Lipinski definition) is 6. The zero-order valence-corrected chi connectivity index (χ0v) is 13.7. The van der Waals surface area contributed by atoms with Crippen molar-refractivity contribution in [2.45, 2.75) is 38.0 Å². The van der Waals surface area contributed by atoms with Crippen LogP contribution in [0.2, 0.25) is 0 Å². The van der Waals surface area contributed by atoms with Crippen LogP contribution >= 0.6 is 0 Å². The molecule has 1 aliphatic heterocycles. The van der Waals surface area contributed by atoms with E-state index in [0.717, 1.165) is 6.42 Å². The van der Waals surface area contributed by atoms with Gasteiger partial charge in [-0.1, -0.05) is 5.16 Å². The molecule has 0 spiro atoms. The number of aromatic nitrogens is 2. The second-order valence-corrected chi connectivity index (χ2v) is 6.25. The Balaban J connectivity index is 1.60. The molecule has 25 heavy (non-hydrogen) atoms. The molecular formula is C17H18FN3O4. The molecule has 0 aromatic carbocycles. The number of rotatable bonds is 3. The first-order valence-electron chi connectivity index (χ1n) is 8.26. The largest absolute Gasteiger partial charge is 0.467 e. The topological polar surface area (TPSA) is 77.7 Å². The number of halogens is 1. The molecule has 0 N–H and O–H groups in total. The van der Waals surface area contributed by atoms with Gasteiger partial charge in [0.1, 0.15) is 11.9 Å². The van der Waals surface area contributed by atoms with Crippen molar-refractivity contribution in [1.29, 1.82) is 0 Å². The van der Waals surface area contributed by atoms with E-state index in [0.29, 0.717) is 25.3 Å². The molecule has 132 valence electrons. The quantitative estimate of drug-likeness (QED) is 0.845. The third kappa shape index (κ3) is 2.97. The smallest absolute Gasteiger partial charge is 0.276 e. The number of hydrogen-bond donors (Lipinski definition) is 0. The minimum atomic E-state index is -0.531. The first kappa shape index (κ1) is 16.0. The molecule has 2 aromatic heterocycles. The fraction of sp³-hybridized carbons (Fsp3) is 0.471. The monoisotopic (exact) mass is 347 g/mol. The second kappa shape index (κ2) is 6.44. The van der Waals surface area contributed by atoms with E-state index in [-0.39, 0.29) is 29.6 Å². The van der Waals surface area contributed by atoms with Crippen LogP contribution in [0.5, 0.6) is 5.88 Å². The lowest BCUT2D eigenvalue weighted by Crippen LogP contribution is -2.48. The predicted octanol–water partition coefficient (Wildman–Crippen LogP) is 1.97. The van der Waals surface area contributed by atoms with Gasteiger partial charge in [-0.15, -0.1) is 0 Å². The first-order chi connectivity index (χ1) is 12.1. The van der Waals surface area contributed by atoms with Gasteiger partial charge in [-0.2, -0.15) is 0 Å². The summed E-state index contributed by atoms with van der Waals surface area (Å²) in [6, 6.07) is 4.18. The minimum absolute atomic E-state index is 0.0698. The first-order valence-corrected chi connectivity index (χ1v) is 8.26. The molecule has 1 saturated carbocycles. The molecule has 2 aliphatic rings. The maximum absolute atomic E-state index is 13.9. The zero-order chi connectivity index (χ0) is 17.4. The van der Waals surface area contributed by atoms with Crippen molar-refractivity contribution >= 4 is 5.91 Å². The van der Waals surface area contributed by atoms with Gasteiger partial charge in [0.15, 0.2) is 11.5 Å². The Morgan fingerprint density at radius 1 is 1.44 bits per heavy atom. The standard InChI is InChI=1S/C17H18FN3O4/c1-10-9-12(20-25-10)17(22)21-7-8-23-14-5-4-13(21)15(14)24-16-11(18)3-2-6-19-16/h2-3,6,9,13-15H,4-5,7-8H2,1H3/t13-,14-,15-/m0/s1. The van der Waals surface area contributed by atoms with Crippen molar-refractivity contribution in [1.82, 2.24) is 15.0 Å². The van der Waals surface area contributed by atoms with E-state index >= 15 is 0 Å². The number of fused-ring (bicyclic) bond motifs is 2. The highest BCUT2D eigenvalue weighted by Crippen LogP contribution is 2.33. The fourth-order valence-electron chi connectivity index (χ4n) is 3.50. The molecule has 7 nitrogen and oxygen atoms in total. The van der Waals surface area contributed by atoms with Crippen molar-refractivity contribution in [3.05, 3.63) is 41.7 Å². The highest BCUT2D eigenvalue weighted by Gasteiger charge is 2.46. The van der Waals surface area contributed by atoms with Gasteiger partial charge in [0.2, 0.25) is 0 Å². The number of carbonyl (C=O) groups excluding carboxylic acids is 1. The molecule has 0 radical (unpaired) electrons. The summed E-state index contributed by atoms with van der Waals surface area (Å²) in [6.45, 7) is 2.56. The lowest BCUT2D eigenvalue weighted by Gasteiger charge is -2.30. The third-order valence-corrected chi connectivity index (χ3v) is 4.64. The van der Waals surface area contributed by atoms with Gasteiger partial charge in [0, 0.05) is 18.8 Å². The van der Waals surface area contributed by atoms with Crippen molar-refractivity contribution in [2.75, 3.05) is 13.2 Å². The van der Waals surface area contributed by atoms with E-state index in [2.05, 4.69) is 10.1 Å². The number of pyridine rings is 1. The summed E-state index contributed by atoms with van der Waals surface area (Å²) in [5, 5.41) is 3.81. The van der Waals surface area contributed by atoms with Crippen molar-refractivity contribution in [3.8, 4) is 5.88 Å². The van der Waals surface area contributed by atoms with Gasteiger partial charge in [0.05, 0.1) is 18.8 Å². The Hall–Kier alpha value is -2.48. The zero-order valence-electron chi connectivity index (χ0n) is 13.7. The average molecular weight is 347 g/mol. The van der Waals surface area contributed by atoms with Crippen LogP contribution in [-0.2, 0) is 4.74 Å². The Kier molecular flexibility index (Phi) is 4.12. The average Bonchev–Trinajstić information content (AvgIpc) is 3.13. The van der Waals surface area contributed by atoms with Crippen LogP contribution in [0.4, 0.5) is 4.39 Å². The molecule has 2 bridgehead atoms. The van der Waals surface area contributed by atoms with E-state index in [1.165, 1.54) is 18.3 Å². The Labute approximate surface area is 143 Å². The number of amides is 1. The second-order valence-electron chi connectivity index (χ2n) is 6.25. The molecule has 2 aromatic rings. The lowest BCUT2D eigenvalue weighted by atomic mass is 10.1. The molecule has 1 amide bonds. The van der Waals surface area contributed by atoms with Crippen molar-refractivity contribution in [3.63, 3.8) is 0 Å². The van der Waals surface area contributed by atoms with Crippen molar-refractivity contribution in [2.24, 2.45) is 0 Å². The van der Waals surface area contributed by atoms with Crippen LogP contribution in [0.15, 0.2) is 28.9 Å². The van der Waals surface area contributed by atoms with E-state index in [9.17, 15) is 9.18 Å². The number of carbonyl (C=O) groups is 1. The Morgan fingerprint density at radius 3 is 3.08 bits per heavy atom. The normalized spacial score (nSPS) is 25.7. The Bertz CT molecular complexity index is 781. The predicted molar refractivity (Wildman–Crippen MR) is 83.6 cm³/mol. The van der Waals surface area contributed by atoms with E-state index in [1.54, 1.807) is 17.9 Å². The summed E-state index contributed by atoms with van der Waals surface area (Å²) < 4.78 is 30.6. The molecular weight excluding hydrogens is 329 g/mol. The summed E-state index contributed by atoms with van der Waals surface area (Å²) in [7, 11) is 0. The molecule has 3 atom stereocenters. The molecule has 0 unspecified atom stereocenters. The van der Waals surface area contributed by atoms with Gasteiger partial charge in [-0.3, -0.25) is 4.79 Å². The molecule has 8 heteroatoms. The summed E-state index contributed by atoms with van der Waals surface area (Å²) in [5.41, 5.74) is 0.255. The van der Waals surface area contributed by atoms with Gasteiger partial charge < -0.3 is 18.9 Å². The maximum Gasteiger partial charge on any atom is 0.276 e. The van der Waals surface area contributed by atoms with E-state index < -0.39 is 11.9 Å².